The Morgan fingerprint density at radius 3 is 2.50 bits per heavy atom. The standard InChI is InChI=1S/C20H22N6O2/c1-12(2)17(18(21)27)26-19-13-7-3-4-8-14(13)24-16(25-19)11-23-20(28)15-9-5-6-10-22-15/h3-10,12,17H,11H2,1-2H3,(H2,21,27)(H,23,28)(H,24,25,26)/t17-/m0/s1. The summed E-state index contributed by atoms with van der Waals surface area (Å²) < 4.78 is 0. The van der Waals surface area contributed by atoms with Gasteiger partial charge in [-0.15, -0.1) is 0 Å². The summed E-state index contributed by atoms with van der Waals surface area (Å²) in [6, 6.07) is 12.0. The van der Waals surface area contributed by atoms with Gasteiger partial charge >= 0.3 is 0 Å². The zero-order valence-electron chi connectivity index (χ0n) is 15.7. The van der Waals surface area contributed by atoms with Crippen LogP contribution in [0.5, 0.6) is 0 Å². The second kappa shape index (κ2) is 8.43. The summed E-state index contributed by atoms with van der Waals surface area (Å²) in [5.41, 5.74) is 6.54. The highest BCUT2D eigenvalue weighted by Crippen LogP contribution is 2.22. The number of hydrogen-bond donors (Lipinski definition) is 3. The van der Waals surface area contributed by atoms with E-state index in [-0.39, 0.29) is 18.4 Å². The van der Waals surface area contributed by atoms with Crippen molar-refractivity contribution in [1.29, 1.82) is 0 Å². The lowest BCUT2D eigenvalue weighted by Gasteiger charge is -2.21. The van der Waals surface area contributed by atoms with Gasteiger partial charge in [0.1, 0.15) is 17.6 Å². The summed E-state index contributed by atoms with van der Waals surface area (Å²) in [5.74, 6) is 0.132. The van der Waals surface area contributed by atoms with Crippen LogP contribution in [0.2, 0.25) is 0 Å². The lowest BCUT2D eigenvalue weighted by atomic mass is 10.0. The number of amides is 2. The molecular weight excluding hydrogens is 356 g/mol. The Balaban J connectivity index is 1.87. The predicted octanol–water partition coefficient (Wildman–Crippen LogP) is 1.88. The van der Waals surface area contributed by atoms with Crippen molar-refractivity contribution < 1.29 is 9.59 Å². The first-order chi connectivity index (χ1) is 13.5. The van der Waals surface area contributed by atoms with Gasteiger partial charge in [-0.3, -0.25) is 14.6 Å². The van der Waals surface area contributed by atoms with Crippen molar-refractivity contribution in [2.75, 3.05) is 5.32 Å². The summed E-state index contributed by atoms with van der Waals surface area (Å²) in [6.45, 7) is 3.93. The Kier molecular flexibility index (Phi) is 5.78. The van der Waals surface area contributed by atoms with E-state index < -0.39 is 11.9 Å². The van der Waals surface area contributed by atoms with Crippen LogP contribution in [-0.4, -0.2) is 32.8 Å². The molecule has 0 saturated carbocycles. The summed E-state index contributed by atoms with van der Waals surface area (Å²) >= 11 is 0. The minimum absolute atomic E-state index is 0.0152. The van der Waals surface area contributed by atoms with Crippen molar-refractivity contribution in [2.24, 2.45) is 11.7 Å². The van der Waals surface area contributed by atoms with E-state index in [1.807, 2.05) is 38.1 Å². The predicted molar refractivity (Wildman–Crippen MR) is 106 cm³/mol. The molecule has 2 aromatic heterocycles. The first-order valence-electron chi connectivity index (χ1n) is 8.96. The largest absolute Gasteiger partial charge is 0.368 e. The Bertz CT molecular complexity index is 990. The fraction of sp³-hybridized carbons (Fsp3) is 0.250. The van der Waals surface area contributed by atoms with Crippen LogP contribution in [0.15, 0.2) is 48.7 Å². The third-order valence-corrected chi connectivity index (χ3v) is 4.22. The van der Waals surface area contributed by atoms with Gasteiger partial charge in [0.25, 0.3) is 5.91 Å². The van der Waals surface area contributed by atoms with E-state index in [1.54, 1.807) is 24.4 Å². The summed E-state index contributed by atoms with van der Waals surface area (Å²) in [6.07, 6.45) is 1.55. The van der Waals surface area contributed by atoms with Crippen molar-refractivity contribution in [1.82, 2.24) is 20.3 Å². The molecule has 8 heteroatoms. The third kappa shape index (κ3) is 4.40. The Morgan fingerprint density at radius 1 is 1.07 bits per heavy atom. The molecule has 3 aromatic rings. The van der Waals surface area contributed by atoms with E-state index in [9.17, 15) is 9.59 Å². The van der Waals surface area contributed by atoms with Gasteiger partial charge in [0.15, 0.2) is 5.82 Å². The Labute approximate surface area is 162 Å². The summed E-state index contributed by atoms with van der Waals surface area (Å²) in [7, 11) is 0. The number of aromatic nitrogens is 3. The van der Waals surface area contributed by atoms with E-state index in [4.69, 9.17) is 5.73 Å². The van der Waals surface area contributed by atoms with Crippen molar-refractivity contribution in [3.63, 3.8) is 0 Å². The SMILES string of the molecule is CC(C)[C@H](Nc1nc(CNC(=O)c2ccccn2)nc2ccccc12)C(N)=O. The molecule has 3 rings (SSSR count). The molecule has 2 heterocycles. The highest BCUT2D eigenvalue weighted by atomic mass is 16.2. The molecular formula is C20H22N6O2. The van der Waals surface area contributed by atoms with Gasteiger partial charge in [0, 0.05) is 11.6 Å². The van der Waals surface area contributed by atoms with Crippen LogP contribution < -0.4 is 16.4 Å². The topological polar surface area (TPSA) is 123 Å². The molecule has 0 fully saturated rings. The van der Waals surface area contributed by atoms with Crippen LogP contribution in [0.4, 0.5) is 5.82 Å². The van der Waals surface area contributed by atoms with Gasteiger partial charge in [0.2, 0.25) is 5.91 Å². The van der Waals surface area contributed by atoms with Crippen LogP contribution in [0.25, 0.3) is 10.9 Å². The molecule has 0 bridgehead atoms. The second-order valence-corrected chi connectivity index (χ2v) is 6.67. The maximum atomic E-state index is 12.2. The zero-order chi connectivity index (χ0) is 20.1. The number of anilines is 1. The molecule has 4 N–H and O–H groups in total. The molecule has 1 atom stereocenters. The second-order valence-electron chi connectivity index (χ2n) is 6.67. The Hall–Kier alpha value is -3.55. The van der Waals surface area contributed by atoms with Gasteiger partial charge in [-0.1, -0.05) is 32.0 Å². The maximum absolute atomic E-state index is 12.2. The number of benzene rings is 1. The highest BCUT2D eigenvalue weighted by molar-refractivity contribution is 5.93. The van der Waals surface area contributed by atoms with Gasteiger partial charge < -0.3 is 16.4 Å². The molecule has 1 aromatic carbocycles. The molecule has 0 aliphatic rings. The average Bonchev–Trinajstić information content (AvgIpc) is 2.70. The van der Waals surface area contributed by atoms with Gasteiger partial charge in [-0.05, 0) is 30.2 Å². The van der Waals surface area contributed by atoms with Crippen LogP contribution >= 0.6 is 0 Å². The smallest absolute Gasteiger partial charge is 0.270 e. The Morgan fingerprint density at radius 2 is 1.82 bits per heavy atom. The van der Waals surface area contributed by atoms with Crippen molar-refractivity contribution in [2.45, 2.75) is 26.4 Å². The van der Waals surface area contributed by atoms with Crippen LogP contribution in [-0.2, 0) is 11.3 Å². The number of pyridine rings is 1. The minimum atomic E-state index is -0.575. The first-order valence-corrected chi connectivity index (χ1v) is 8.96. The van der Waals surface area contributed by atoms with E-state index in [0.29, 0.717) is 22.9 Å². The summed E-state index contributed by atoms with van der Waals surface area (Å²) in [4.78, 5) is 37.0. The molecule has 0 spiro atoms. The number of para-hydroxylation sites is 1. The maximum Gasteiger partial charge on any atom is 0.270 e. The van der Waals surface area contributed by atoms with Gasteiger partial charge in [-0.25, -0.2) is 9.97 Å². The fourth-order valence-corrected chi connectivity index (χ4v) is 2.77. The monoisotopic (exact) mass is 378 g/mol. The van der Waals surface area contributed by atoms with Crippen LogP contribution in [0.1, 0.15) is 30.2 Å². The van der Waals surface area contributed by atoms with Crippen LogP contribution in [0.3, 0.4) is 0 Å². The van der Waals surface area contributed by atoms with Gasteiger partial charge in [-0.2, -0.15) is 0 Å². The minimum Gasteiger partial charge on any atom is -0.368 e. The van der Waals surface area contributed by atoms with Gasteiger partial charge in [0.05, 0.1) is 12.1 Å². The number of rotatable bonds is 7. The number of primary amides is 1. The van der Waals surface area contributed by atoms with Crippen molar-refractivity contribution in [3.8, 4) is 0 Å². The average molecular weight is 378 g/mol. The quantitative estimate of drug-likeness (QED) is 0.577. The number of nitrogens with two attached hydrogens (primary N) is 1. The summed E-state index contributed by atoms with van der Waals surface area (Å²) in [5, 5.41) is 6.66. The molecule has 144 valence electrons. The zero-order valence-corrected chi connectivity index (χ0v) is 15.7. The normalized spacial score (nSPS) is 12.0. The van der Waals surface area contributed by atoms with Crippen LogP contribution in [0, 0.1) is 5.92 Å². The van der Waals surface area contributed by atoms with Crippen molar-refractivity contribution >= 4 is 28.5 Å². The lowest BCUT2D eigenvalue weighted by molar-refractivity contribution is -0.119. The van der Waals surface area contributed by atoms with Crippen molar-refractivity contribution in [3.05, 3.63) is 60.2 Å². The number of nitrogens with zero attached hydrogens (tertiary/aromatic N) is 3. The molecule has 0 saturated heterocycles. The highest BCUT2D eigenvalue weighted by Gasteiger charge is 2.21. The molecule has 0 radical (unpaired) electrons. The molecule has 0 aliphatic heterocycles. The van der Waals surface area contributed by atoms with E-state index in [0.717, 1.165) is 5.39 Å². The molecule has 0 aliphatic carbocycles. The number of carbonyl (C=O) groups excluding carboxylic acids is 2. The molecule has 28 heavy (non-hydrogen) atoms. The lowest BCUT2D eigenvalue weighted by Crippen LogP contribution is -2.40. The third-order valence-electron chi connectivity index (χ3n) is 4.22. The number of fused-ring (bicyclic) bond motifs is 1. The van der Waals surface area contributed by atoms with E-state index >= 15 is 0 Å². The first kappa shape index (κ1) is 19.2. The number of carbonyl (C=O) groups is 2. The number of hydrogen-bond acceptors (Lipinski definition) is 6. The molecule has 8 nitrogen and oxygen atoms in total. The fourth-order valence-electron chi connectivity index (χ4n) is 2.77. The molecule has 0 unspecified atom stereocenters. The number of nitrogens with one attached hydrogen (secondary N) is 2. The molecule has 2 amide bonds. The van der Waals surface area contributed by atoms with E-state index in [1.165, 1.54) is 0 Å². The van der Waals surface area contributed by atoms with E-state index in [2.05, 4.69) is 25.6 Å².